The average Bonchev–Trinajstić information content (AvgIpc) is 2.36. The van der Waals surface area contributed by atoms with Gasteiger partial charge >= 0.3 is 0 Å². The Balaban J connectivity index is 2.35. The quantitative estimate of drug-likeness (QED) is 0.439. The van der Waals surface area contributed by atoms with E-state index in [-0.39, 0.29) is 5.91 Å². The van der Waals surface area contributed by atoms with E-state index < -0.39 is 0 Å². The largest absolute Gasteiger partial charge is 0.383 e. The van der Waals surface area contributed by atoms with Gasteiger partial charge in [0.2, 0.25) is 0 Å². The Morgan fingerprint density at radius 1 is 1.44 bits per heavy atom. The molecule has 1 aromatic carbocycles. The van der Waals surface area contributed by atoms with Crippen LogP contribution in [0.2, 0.25) is 0 Å². The molecule has 0 aliphatic rings. The van der Waals surface area contributed by atoms with Gasteiger partial charge in [-0.2, -0.15) is 0 Å². The van der Waals surface area contributed by atoms with Crippen LogP contribution >= 0.6 is 28.1 Å². The number of hydrazine groups is 1. The SMILES string of the molecule is COCCNC(=S)NNC(=O)c1cccc(Br)c1. The standard InChI is InChI=1S/C11H14BrN3O2S/c1-17-6-5-13-11(18)15-14-10(16)8-3-2-4-9(12)7-8/h2-4,7H,5-6H2,1H3,(H,14,16)(H2,13,15,18). The third kappa shape index (κ3) is 5.44. The topological polar surface area (TPSA) is 62.4 Å². The Morgan fingerprint density at radius 3 is 2.89 bits per heavy atom. The molecule has 1 aromatic rings. The molecule has 0 aliphatic heterocycles. The van der Waals surface area contributed by atoms with Gasteiger partial charge in [0.25, 0.3) is 5.91 Å². The first-order valence-electron chi connectivity index (χ1n) is 5.22. The molecule has 0 atom stereocenters. The molecular formula is C11H14BrN3O2S. The minimum Gasteiger partial charge on any atom is -0.383 e. The number of hydrogen-bond acceptors (Lipinski definition) is 3. The number of thiocarbonyl (C=S) groups is 1. The molecule has 5 nitrogen and oxygen atoms in total. The monoisotopic (exact) mass is 331 g/mol. The van der Waals surface area contributed by atoms with Crippen molar-refractivity contribution in [3.8, 4) is 0 Å². The third-order valence-corrected chi connectivity index (χ3v) is 2.71. The molecule has 0 radical (unpaired) electrons. The van der Waals surface area contributed by atoms with Gasteiger partial charge in [0.15, 0.2) is 5.11 Å². The van der Waals surface area contributed by atoms with E-state index in [4.69, 9.17) is 17.0 Å². The van der Waals surface area contributed by atoms with Gasteiger partial charge in [-0.1, -0.05) is 22.0 Å². The molecule has 1 amide bonds. The summed E-state index contributed by atoms with van der Waals surface area (Å²) in [4.78, 5) is 11.7. The van der Waals surface area contributed by atoms with Gasteiger partial charge in [0.1, 0.15) is 0 Å². The van der Waals surface area contributed by atoms with Gasteiger partial charge in [0, 0.05) is 23.7 Å². The van der Waals surface area contributed by atoms with Crippen molar-refractivity contribution in [2.24, 2.45) is 0 Å². The van der Waals surface area contributed by atoms with E-state index >= 15 is 0 Å². The van der Waals surface area contributed by atoms with Crippen molar-refractivity contribution < 1.29 is 9.53 Å². The highest BCUT2D eigenvalue weighted by molar-refractivity contribution is 9.10. The molecule has 0 heterocycles. The Labute approximate surface area is 119 Å². The van der Waals surface area contributed by atoms with Crippen LogP contribution in [0.5, 0.6) is 0 Å². The first-order chi connectivity index (χ1) is 8.63. The summed E-state index contributed by atoms with van der Waals surface area (Å²) < 4.78 is 5.70. The van der Waals surface area contributed by atoms with Gasteiger partial charge < -0.3 is 10.1 Å². The van der Waals surface area contributed by atoms with Crippen LogP contribution in [0, 0.1) is 0 Å². The van der Waals surface area contributed by atoms with Gasteiger partial charge in [0.05, 0.1) is 6.61 Å². The van der Waals surface area contributed by atoms with E-state index in [0.29, 0.717) is 23.8 Å². The number of methoxy groups -OCH3 is 1. The van der Waals surface area contributed by atoms with Crippen molar-refractivity contribution in [1.82, 2.24) is 16.2 Å². The molecule has 18 heavy (non-hydrogen) atoms. The van der Waals surface area contributed by atoms with E-state index in [1.54, 1.807) is 25.3 Å². The zero-order valence-corrected chi connectivity index (χ0v) is 12.2. The minimum absolute atomic E-state index is 0.257. The van der Waals surface area contributed by atoms with E-state index in [1.807, 2.05) is 6.07 Å². The molecule has 0 fully saturated rings. The van der Waals surface area contributed by atoms with E-state index in [9.17, 15) is 4.79 Å². The van der Waals surface area contributed by atoms with Crippen LogP contribution in [0.3, 0.4) is 0 Å². The zero-order chi connectivity index (χ0) is 13.4. The van der Waals surface area contributed by atoms with Crippen LogP contribution in [0.25, 0.3) is 0 Å². The number of carbonyl (C=O) groups is 1. The number of amides is 1. The molecule has 0 aromatic heterocycles. The summed E-state index contributed by atoms with van der Waals surface area (Å²) >= 11 is 8.26. The van der Waals surface area contributed by atoms with Crippen molar-refractivity contribution in [2.75, 3.05) is 20.3 Å². The molecule has 1 rings (SSSR count). The number of nitrogens with one attached hydrogen (secondary N) is 3. The maximum Gasteiger partial charge on any atom is 0.269 e. The van der Waals surface area contributed by atoms with Crippen LogP contribution in [0.1, 0.15) is 10.4 Å². The molecule has 0 bridgehead atoms. The highest BCUT2D eigenvalue weighted by Gasteiger charge is 2.05. The van der Waals surface area contributed by atoms with Gasteiger partial charge in [-0.05, 0) is 30.4 Å². The summed E-state index contributed by atoms with van der Waals surface area (Å²) in [6, 6.07) is 7.07. The molecular weight excluding hydrogens is 318 g/mol. The molecule has 0 saturated carbocycles. The van der Waals surface area contributed by atoms with Crippen LogP contribution in [0.4, 0.5) is 0 Å². The predicted octanol–water partition coefficient (Wildman–Crippen LogP) is 1.20. The zero-order valence-electron chi connectivity index (χ0n) is 9.83. The summed E-state index contributed by atoms with van der Waals surface area (Å²) in [5.41, 5.74) is 5.65. The Morgan fingerprint density at radius 2 is 2.22 bits per heavy atom. The van der Waals surface area contributed by atoms with Crippen LogP contribution in [0.15, 0.2) is 28.7 Å². The van der Waals surface area contributed by atoms with E-state index in [0.717, 1.165) is 4.47 Å². The van der Waals surface area contributed by atoms with Crippen molar-refractivity contribution in [1.29, 1.82) is 0 Å². The van der Waals surface area contributed by atoms with Crippen molar-refractivity contribution in [2.45, 2.75) is 0 Å². The lowest BCUT2D eigenvalue weighted by Gasteiger charge is -2.11. The maximum atomic E-state index is 11.7. The first-order valence-corrected chi connectivity index (χ1v) is 6.42. The van der Waals surface area contributed by atoms with E-state index in [2.05, 4.69) is 32.1 Å². The number of halogens is 1. The molecule has 0 unspecified atom stereocenters. The number of hydrogen-bond donors (Lipinski definition) is 3. The summed E-state index contributed by atoms with van der Waals surface area (Å²) in [7, 11) is 1.60. The first kappa shape index (κ1) is 14.9. The molecule has 0 saturated heterocycles. The number of carbonyl (C=O) groups excluding carboxylic acids is 1. The Kier molecular flexibility index (Phi) is 6.63. The fourth-order valence-corrected chi connectivity index (χ4v) is 1.68. The number of benzene rings is 1. The Hall–Kier alpha value is -1.18. The third-order valence-electron chi connectivity index (χ3n) is 1.97. The van der Waals surface area contributed by atoms with E-state index in [1.165, 1.54) is 0 Å². The highest BCUT2D eigenvalue weighted by Crippen LogP contribution is 2.11. The fourth-order valence-electron chi connectivity index (χ4n) is 1.13. The summed E-state index contributed by atoms with van der Waals surface area (Å²) in [6.07, 6.45) is 0. The van der Waals surface area contributed by atoms with Crippen molar-refractivity contribution >= 4 is 39.2 Å². The highest BCUT2D eigenvalue weighted by atomic mass is 79.9. The number of rotatable bonds is 4. The van der Waals surface area contributed by atoms with Gasteiger partial charge in [-0.25, -0.2) is 0 Å². The molecule has 7 heteroatoms. The Bertz CT molecular complexity index is 429. The van der Waals surface area contributed by atoms with Gasteiger partial charge in [-0.15, -0.1) is 0 Å². The van der Waals surface area contributed by atoms with Crippen molar-refractivity contribution in [3.05, 3.63) is 34.3 Å². The maximum absolute atomic E-state index is 11.7. The predicted molar refractivity (Wildman–Crippen MR) is 77.2 cm³/mol. The summed E-state index contributed by atoms with van der Waals surface area (Å²) in [5, 5.41) is 3.22. The lowest BCUT2D eigenvalue weighted by atomic mass is 10.2. The second-order valence-corrected chi connectivity index (χ2v) is 4.66. The van der Waals surface area contributed by atoms with Crippen LogP contribution in [-0.4, -0.2) is 31.3 Å². The molecule has 98 valence electrons. The molecule has 3 N–H and O–H groups in total. The summed E-state index contributed by atoms with van der Waals surface area (Å²) in [6.45, 7) is 1.12. The molecule has 0 spiro atoms. The summed E-state index contributed by atoms with van der Waals surface area (Å²) in [5.74, 6) is -0.257. The normalized spacial score (nSPS) is 9.67. The lowest BCUT2D eigenvalue weighted by molar-refractivity contribution is 0.0943. The molecule has 0 aliphatic carbocycles. The fraction of sp³-hybridized carbons (Fsp3) is 0.273. The minimum atomic E-state index is -0.257. The number of ether oxygens (including phenoxy) is 1. The van der Waals surface area contributed by atoms with Crippen molar-refractivity contribution in [3.63, 3.8) is 0 Å². The lowest BCUT2D eigenvalue weighted by Crippen LogP contribution is -2.47. The van der Waals surface area contributed by atoms with Crippen LogP contribution in [-0.2, 0) is 4.74 Å². The van der Waals surface area contributed by atoms with Crippen LogP contribution < -0.4 is 16.2 Å². The second kappa shape index (κ2) is 8.02. The van der Waals surface area contributed by atoms with Gasteiger partial charge in [-0.3, -0.25) is 15.6 Å². The average molecular weight is 332 g/mol. The smallest absolute Gasteiger partial charge is 0.269 e. The second-order valence-electron chi connectivity index (χ2n) is 3.34.